The fraction of sp³-hybridized carbons (Fsp3) is 0.750. The van der Waals surface area contributed by atoms with Crippen LogP contribution in [0.15, 0.2) is 0 Å². The van der Waals surface area contributed by atoms with E-state index >= 15 is 0 Å². The first-order chi connectivity index (χ1) is 8.95. The van der Waals surface area contributed by atoms with Gasteiger partial charge in [0, 0.05) is 32.6 Å². The van der Waals surface area contributed by atoms with E-state index < -0.39 is 4.92 Å². The molecule has 1 aliphatic rings. The van der Waals surface area contributed by atoms with E-state index in [-0.39, 0.29) is 11.9 Å². The average Bonchev–Trinajstić information content (AvgIpc) is 2.69. The highest BCUT2D eigenvalue weighted by atomic mass is 16.6. The van der Waals surface area contributed by atoms with Gasteiger partial charge in [-0.15, -0.1) is 0 Å². The Labute approximate surface area is 112 Å². The van der Waals surface area contributed by atoms with Crippen LogP contribution in [0.4, 0.5) is 11.6 Å². The van der Waals surface area contributed by atoms with Gasteiger partial charge in [0.15, 0.2) is 0 Å². The van der Waals surface area contributed by atoms with E-state index in [1.807, 2.05) is 11.5 Å². The molecule has 7 nitrogen and oxygen atoms in total. The van der Waals surface area contributed by atoms with Crippen molar-refractivity contribution in [3.05, 3.63) is 15.9 Å². The quantitative estimate of drug-likeness (QED) is 0.658. The van der Waals surface area contributed by atoms with Crippen molar-refractivity contribution in [1.82, 2.24) is 9.55 Å². The first kappa shape index (κ1) is 13.8. The van der Waals surface area contributed by atoms with Gasteiger partial charge in [-0.1, -0.05) is 6.92 Å². The summed E-state index contributed by atoms with van der Waals surface area (Å²) in [7, 11) is 0. The van der Waals surface area contributed by atoms with Gasteiger partial charge >= 0.3 is 5.82 Å². The molecule has 0 spiro atoms. The smallest absolute Gasteiger partial charge is 0.358 e. The zero-order valence-corrected chi connectivity index (χ0v) is 11.7. The van der Waals surface area contributed by atoms with Crippen LogP contribution in [0.25, 0.3) is 0 Å². The van der Waals surface area contributed by atoms with Crippen LogP contribution in [-0.2, 0) is 6.54 Å². The number of piperidine rings is 1. The van der Waals surface area contributed by atoms with E-state index in [1.54, 1.807) is 6.92 Å². The van der Waals surface area contributed by atoms with E-state index in [9.17, 15) is 10.1 Å². The van der Waals surface area contributed by atoms with Gasteiger partial charge in [-0.3, -0.25) is 4.57 Å². The predicted molar refractivity (Wildman–Crippen MR) is 73.3 cm³/mol. The Balaban J connectivity index is 2.40. The van der Waals surface area contributed by atoms with Crippen molar-refractivity contribution in [1.29, 1.82) is 0 Å². The van der Waals surface area contributed by atoms with Crippen LogP contribution in [0.5, 0.6) is 0 Å². The SMILES string of the molecule is CCn1c(C)nc([N+](=O)[O-])c1N1CCC(N)C(C)C1. The zero-order valence-electron chi connectivity index (χ0n) is 11.7. The number of imidazole rings is 1. The lowest BCUT2D eigenvalue weighted by atomic mass is 9.95. The predicted octanol–water partition coefficient (Wildman–Crippen LogP) is 1.29. The van der Waals surface area contributed by atoms with Crippen LogP contribution >= 0.6 is 0 Å². The molecule has 106 valence electrons. The second kappa shape index (κ2) is 5.16. The fourth-order valence-corrected chi connectivity index (χ4v) is 2.71. The average molecular weight is 267 g/mol. The van der Waals surface area contributed by atoms with Crippen molar-refractivity contribution in [2.24, 2.45) is 11.7 Å². The summed E-state index contributed by atoms with van der Waals surface area (Å²) < 4.78 is 1.90. The van der Waals surface area contributed by atoms with Gasteiger partial charge in [-0.25, -0.2) is 0 Å². The summed E-state index contributed by atoms with van der Waals surface area (Å²) in [5.41, 5.74) is 6.01. The first-order valence-electron chi connectivity index (χ1n) is 6.67. The maximum atomic E-state index is 11.2. The van der Waals surface area contributed by atoms with Crippen LogP contribution in [-0.4, -0.2) is 33.6 Å². The molecule has 0 aromatic carbocycles. The summed E-state index contributed by atoms with van der Waals surface area (Å²) in [5, 5.41) is 11.2. The number of hydrogen-bond donors (Lipinski definition) is 1. The number of hydrogen-bond acceptors (Lipinski definition) is 5. The van der Waals surface area contributed by atoms with E-state index in [2.05, 4.69) is 16.8 Å². The molecule has 2 rings (SSSR count). The molecule has 0 amide bonds. The molecule has 19 heavy (non-hydrogen) atoms. The Morgan fingerprint density at radius 3 is 2.79 bits per heavy atom. The molecule has 7 heteroatoms. The number of nitrogens with zero attached hydrogens (tertiary/aromatic N) is 4. The van der Waals surface area contributed by atoms with Crippen molar-refractivity contribution in [2.75, 3.05) is 18.0 Å². The van der Waals surface area contributed by atoms with Crippen LogP contribution in [0, 0.1) is 23.0 Å². The molecule has 0 saturated carbocycles. The number of aryl methyl sites for hydroxylation is 1. The Bertz CT molecular complexity index is 485. The van der Waals surface area contributed by atoms with Gasteiger partial charge in [-0.2, -0.15) is 0 Å². The first-order valence-corrected chi connectivity index (χ1v) is 6.67. The molecule has 2 unspecified atom stereocenters. The van der Waals surface area contributed by atoms with Gasteiger partial charge in [0.25, 0.3) is 0 Å². The molecule has 2 N–H and O–H groups in total. The molecule has 1 aromatic heterocycles. The maximum Gasteiger partial charge on any atom is 0.406 e. The van der Waals surface area contributed by atoms with Crippen molar-refractivity contribution in [2.45, 2.75) is 39.8 Å². The van der Waals surface area contributed by atoms with Crippen molar-refractivity contribution >= 4 is 11.6 Å². The Kier molecular flexibility index (Phi) is 3.75. The molecule has 1 aromatic rings. The minimum absolute atomic E-state index is 0.0398. The topological polar surface area (TPSA) is 90.2 Å². The highest BCUT2D eigenvalue weighted by molar-refractivity contribution is 5.56. The van der Waals surface area contributed by atoms with Crippen molar-refractivity contribution in [3.63, 3.8) is 0 Å². The minimum Gasteiger partial charge on any atom is -0.358 e. The summed E-state index contributed by atoms with van der Waals surface area (Å²) in [6.07, 6.45) is 0.853. The van der Waals surface area contributed by atoms with Crippen LogP contribution < -0.4 is 10.6 Å². The normalized spacial score (nSPS) is 23.7. The third-order valence-electron chi connectivity index (χ3n) is 3.87. The Hall–Kier alpha value is -1.63. The molecule has 0 aliphatic carbocycles. The lowest BCUT2D eigenvalue weighted by Gasteiger charge is -2.35. The number of nitro groups is 1. The maximum absolute atomic E-state index is 11.2. The molecule has 1 saturated heterocycles. The minimum atomic E-state index is -0.395. The monoisotopic (exact) mass is 267 g/mol. The molecule has 0 radical (unpaired) electrons. The van der Waals surface area contributed by atoms with Crippen LogP contribution in [0.1, 0.15) is 26.1 Å². The van der Waals surface area contributed by atoms with E-state index in [0.29, 0.717) is 24.1 Å². The Morgan fingerprint density at radius 1 is 1.58 bits per heavy atom. The molecule has 2 atom stereocenters. The highest BCUT2D eigenvalue weighted by Gasteiger charge is 2.33. The molecular weight excluding hydrogens is 246 g/mol. The van der Waals surface area contributed by atoms with E-state index in [0.717, 1.165) is 19.5 Å². The second-order valence-electron chi connectivity index (χ2n) is 5.18. The van der Waals surface area contributed by atoms with E-state index in [1.165, 1.54) is 0 Å². The third kappa shape index (κ3) is 2.42. The molecule has 2 heterocycles. The zero-order chi connectivity index (χ0) is 14.2. The van der Waals surface area contributed by atoms with Gasteiger partial charge in [0.1, 0.15) is 0 Å². The van der Waals surface area contributed by atoms with Crippen LogP contribution in [0.3, 0.4) is 0 Å². The highest BCUT2D eigenvalue weighted by Crippen LogP contribution is 2.32. The summed E-state index contributed by atoms with van der Waals surface area (Å²) in [6, 6.07) is 0.175. The van der Waals surface area contributed by atoms with Crippen molar-refractivity contribution < 1.29 is 4.92 Å². The van der Waals surface area contributed by atoms with E-state index in [4.69, 9.17) is 5.73 Å². The molecule has 0 bridgehead atoms. The summed E-state index contributed by atoms with van der Waals surface area (Å²) in [4.78, 5) is 16.9. The van der Waals surface area contributed by atoms with Gasteiger partial charge in [-0.05, 0) is 29.2 Å². The summed E-state index contributed by atoms with van der Waals surface area (Å²) in [6.45, 7) is 8.03. The molecular formula is C12H21N5O2. The lowest BCUT2D eigenvalue weighted by Crippen LogP contribution is -2.46. The number of nitrogens with two attached hydrogens (primary N) is 1. The van der Waals surface area contributed by atoms with Crippen molar-refractivity contribution in [3.8, 4) is 0 Å². The molecule has 1 aliphatic heterocycles. The lowest BCUT2D eigenvalue weighted by molar-refractivity contribution is -0.388. The van der Waals surface area contributed by atoms with Gasteiger partial charge < -0.3 is 20.7 Å². The fourth-order valence-electron chi connectivity index (χ4n) is 2.71. The third-order valence-corrected chi connectivity index (χ3v) is 3.87. The number of rotatable bonds is 3. The summed E-state index contributed by atoms with van der Waals surface area (Å²) in [5.74, 6) is 1.60. The standard InChI is InChI=1S/C12H21N5O2/c1-4-16-9(3)14-11(17(18)19)12(16)15-6-5-10(13)8(2)7-15/h8,10H,4-7,13H2,1-3H3. The number of anilines is 1. The van der Waals surface area contributed by atoms with Gasteiger partial charge in [0.05, 0.1) is 0 Å². The number of aromatic nitrogens is 2. The van der Waals surface area contributed by atoms with Crippen LogP contribution in [0.2, 0.25) is 0 Å². The van der Waals surface area contributed by atoms with Gasteiger partial charge in [0.2, 0.25) is 11.6 Å². The molecule has 1 fully saturated rings. The second-order valence-corrected chi connectivity index (χ2v) is 5.18. The Morgan fingerprint density at radius 2 is 2.26 bits per heavy atom. The summed E-state index contributed by atoms with van der Waals surface area (Å²) >= 11 is 0. The largest absolute Gasteiger partial charge is 0.406 e.